The van der Waals surface area contributed by atoms with E-state index in [4.69, 9.17) is 4.74 Å². The highest BCUT2D eigenvalue weighted by atomic mass is 16.6. The molecule has 0 radical (unpaired) electrons. The molecule has 1 N–H and O–H groups in total. The number of ether oxygens (including phenoxy) is 1. The Morgan fingerprint density at radius 1 is 1.50 bits per heavy atom. The van der Waals surface area contributed by atoms with Crippen LogP contribution >= 0.6 is 0 Å². The molecule has 4 fully saturated rings. The Labute approximate surface area is 94.5 Å². The predicted molar refractivity (Wildman–Crippen MR) is 56.8 cm³/mol. The van der Waals surface area contributed by atoms with E-state index in [2.05, 4.69) is 6.58 Å². The van der Waals surface area contributed by atoms with Crippen molar-refractivity contribution in [2.45, 2.75) is 37.9 Å². The largest absolute Gasteiger partial charge is 0.478 e. The molecule has 2 bridgehead atoms. The zero-order valence-corrected chi connectivity index (χ0v) is 9.19. The standard InChI is InChI=1S/C13H16O3/c1-6(12(14)15)13-3-2-7(5-13)8-4-9-11(16-9)10(8)13/h7-11H,1-5H2,(H,14,15). The highest BCUT2D eigenvalue weighted by molar-refractivity contribution is 5.88. The van der Waals surface area contributed by atoms with Crippen LogP contribution in [-0.2, 0) is 9.53 Å². The number of hydrogen-bond donors (Lipinski definition) is 1. The Morgan fingerprint density at radius 3 is 3.06 bits per heavy atom. The molecule has 3 aliphatic carbocycles. The van der Waals surface area contributed by atoms with Crippen molar-refractivity contribution in [1.82, 2.24) is 0 Å². The highest BCUT2D eigenvalue weighted by Crippen LogP contribution is 2.71. The lowest BCUT2D eigenvalue weighted by Gasteiger charge is -2.36. The molecule has 1 heterocycles. The van der Waals surface area contributed by atoms with E-state index in [1.54, 1.807) is 0 Å². The van der Waals surface area contributed by atoms with Gasteiger partial charge in [0.05, 0.1) is 12.2 Å². The second-order valence-corrected chi connectivity index (χ2v) is 6.01. The topological polar surface area (TPSA) is 49.8 Å². The molecule has 6 unspecified atom stereocenters. The molecule has 86 valence electrons. The number of rotatable bonds is 2. The average molecular weight is 220 g/mol. The van der Waals surface area contributed by atoms with Crippen molar-refractivity contribution in [3.63, 3.8) is 0 Å². The van der Waals surface area contributed by atoms with Crippen molar-refractivity contribution in [1.29, 1.82) is 0 Å². The molecule has 0 amide bonds. The molecule has 1 saturated heterocycles. The first kappa shape index (κ1) is 9.23. The van der Waals surface area contributed by atoms with Crippen LogP contribution in [0, 0.1) is 23.2 Å². The third kappa shape index (κ3) is 0.841. The summed E-state index contributed by atoms with van der Waals surface area (Å²) in [6, 6.07) is 0. The van der Waals surface area contributed by atoms with Crippen LogP contribution < -0.4 is 0 Å². The Hall–Kier alpha value is -0.830. The first-order valence-corrected chi connectivity index (χ1v) is 6.21. The summed E-state index contributed by atoms with van der Waals surface area (Å²) in [6.07, 6.45) is 5.28. The van der Waals surface area contributed by atoms with Crippen molar-refractivity contribution in [2.24, 2.45) is 23.2 Å². The Morgan fingerprint density at radius 2 is 2.31 bits per heavy atom. The van der Waals surface area contributed by atoms with E-state index >= 15 is 0 Å². The number of carbonyl (C=O) groups is 1. The highest BCUT2D eigenvalue weighted by Gasteiger charge is 2.71. The monoisotopic (exact) mass is 220 g/mol. The lowest BCUT2D eigenvalue weighted by Crippen LogP contribution is -2.35. The molecule has 3 nitrogen and oxygen atoms in total. The van der Waals surface area contributed by atoms with E-state index in [1.807, 2.05) is 0 Å². The Bertz CT molecular complexity index is 402. The van der Waals surface area contributed by atoms with Crippen LogP contribution in [0.2, 0.25) is 0 Å². The van der Waals surface area contributed by atoms with E-state index in [-0.39, 0.29) is 5.41 Å². The Balaban J connectivity index is 1.77. The van der Waals surface area contributed by atoms with Crippen molar-refractivity contribution in [3.8, 4) is 0 Å². The minimum Gasteiger partial charge on any atom is -0.478 e. The van der Waals surface area contributed by atoms with Crippen molar-refractivity contribution >= 4 is 5.97 Å². The molecule has 0 aromatic heterocycles. The molecule has 0 spiro atoms. The number of aliphatic carboxylic acids is 1. The van der Waals surface area contributed by atoms with Crippen molar-refractivity contribution in [2.75, 3.05) is 0 Å². The molecule has 4 rings (SSSR count). The number of carboxylic acids is 1. The summed E-state index contributed by atoms with van der Waals surface area (Å²) in [5.74, 6) is 1.15. The van der Waals surface area contributed by atoms with E-state index in [0.29, 0.717) is 23.7 Å². The Kier molecular flexibility index (Phi) is 1.46. The summed E-state index contributed by atoms with van der Waals surface area (Å²) < 4.78 is 5.64. The third-order valence-corrected chi connectivity index (χ3v) is 5.63. The number of epoxide rings is 1. The minimum atomic E-state index is -0.801. The van der Waals surface area contributed by atoms with Gasteiger partial charge in [-0.25, -0.2) is 4.79 Å². The number of hydrogen-bond acceptors (Lipinski definition) is 2. The average Bonchev–Trinajstić information content (AvgIpc) is 2.67. The molecule has 4 aliphatic rings. The first-order valence-electron chi connectivity index (χ1n) is 6.21. The van der Waals surface area contributed by atoms with Crippen LogP contribution in [0.3, 0.4) is 0 Å². The van der Waals surface area contributed by atoms with Gasteiger partial charge in [-0.1, -0.05) is 6.58 Å². The van der Waals surface area contributed by atoms with Gasteiger partial charge in [-0.15, -0.1) is 0 Å². The summed E-state index contributed by atoms with van der Waals surface area (Å²) in [5, 5.41) is 9.24. The second-order valence-electron chi connectivity index (χ2n) is 6.01. The fraction of sp³-hybridized carbons (Fsp3) is 0.769. The maximum atomic E-state index is 11.2. The molecule has 3 heteroatoms. The molecule has 3 saturated carbocycles. The maximum absolute atomic E-state index is 11.2. The van der Waals surface area contributed by atoms with Gasteiger partial charge in [0.2, 0.25) is 0 Å². The maximum Gasteiger partial charge on any atom is 0.331 e. The van der Waals surface area contributed by atoms with E-state index < -0.39 is 5.97 Å². The van der Waals surface area contributed by atoms with E-state index in [0.717, 1.165) is 24.7 Å². The van der Waals surface area contributed by atoms with Crippen LogP contribution in [0.1, 0.15) is 25.7 Å². The summed E-state index contributed by atoms with van der Waals surface area (Å²) >= 11 is 0. The lowest BCUT2D eigenvalue weighted by atomic mass is 9.67. The predicted octanol–water partition coefficient (Wildman–Crippen LogP) is 1.83. The number of carboxylic acid groups (broad SMARTS) is 1. The quantitative estimate of drug-likeness (QED) is 0.570. The molecule has 1 aliphatic heterocycles. The van der Waals surface area contributed by atoms with Gasteiger partial charge in [0.15, 0.2) is 0 Å². The summed E-state index contributed by atoms with van der Waals surface area (Å²) in [7, 11) is 0. The van der Waals surface area contributed by atoms with Gasteiger partial charge in [-0.2, -0.15) is 0 Å². The zero-order valence-electron chi connectivity index (χ0n) is 9.19. The van der Waals surface area contributed by atoms with Crippen molar-refractivity contribution < 1.29 is 14.6 Å². The van der Waals surface area contributed by atoms with Gasteiger partial charge in [0, 0.05) is 16.9 Å². The van der Waals surface area contributed by atoms with Gasteiger partial charge < -0.3 is 9.84 Å². The fourth-order valence-electron chi connectivity index (χ4n) is 5.00. The van der Waals surface area contributed by atoms with Crippen LogP contribution in [-0.4, -0.2) is 23.3 Å². The molecule has 6 atom stereocenters. The van der Waals surface area contributed by atoms with Crippen molar-refractivity contribution in [3.05, 3.63) is 12.2 Å². The van der Waals surface area contributed by atoms with Gasteiger partial charge in [0.1, 0.15) is 0 Å². The summed E-state index contributed by atoms with van der Waals surface area (Å²) in [5.41, 5.74) is 0.343. The second kappa shape index (κ2) is 2.53. The minimum absolute atomic E-state index is 0.114. The van der Waals surface area contributed by atoms with Crippen LogP contribution in [0.25, 0.3) is 0 Å². The van der Waals surface area contributed by atoms with Crippen LogP contribution in [0.5, 0.6) is 0 Å². The fourth-order valence-corrected chi connectivity index (χ4v) is 5.00. The third-order valence-electron chi connectivity index (χ3n) is 5.63. The van der Waals surface area contributed by atoms with E-state index in [1.165, 1.54) is 12.8 Å². The smallest absolute Gasteiger partial charge is 0.331 e. The SMILES string of the molecule is C=C(C(=O)O)C12CCC(C1)C1CC3OC3C12. The van der Waals surface area contributed by atoms with Gasteiger partial charge >= 0.3 is 5.97 Å². The van der Waals surface area contributed by atoms with Crippen LogP contribution in [0.4, 0.5) is 0 Å². The normalized spacial score (nSPS) is 55.9. The zero-order chi connectivity index (χ0) is 11.1. The molecular weight excluding hydrogens is 204 g/mol. The van der Waals surface area contributed by atoms with Gasteiger partial charge in [0.25, 0.3) is 0 Å². The first-order chi connectivity index (χ1) is 7.63. The molecule has 0 aromatic rings. The van der Waals surface area contributed by atoms with Gasteiger partial charge in [-0.05, 0) is 37.5 Å². The number of fused-ring (bicyclic) bond motifs is 7. The molecule has 16 heavy (non-hydrogen) atoms. The summed E-state index contributed by atoms with van der Waals surface area (Å²) in [4.78, 5) is 11.2. The molecular formula is C13H16O3. The molecule has 0 aromatic carbocycles. The van der Waals surface area contributed by atoms with Gasteiger partial charge in [-0.3, -0.25) is 0 Å². The summed E-state index contributed by atoms with van der Waals surface area (Å²) in [6.45, 7) is 3.86. The van der Waals surface area contributed by atoms with Crippen LogP contribution in [0.15, 0.2) is 12.2 Å². The van der Waals surface area contributed by atoms with E-state index in [9.17, 15) is 9.90 Å². The lowest BCUT2D eigenvalue weighted by molar-refractivity contribution is -0.134.